The van der Waals surface area contributed by atoms with Crippen LogP contribution >= 0.6 is 12.4 Å². The summed E-state index contributed by atoms with van der Waals surface area (Å²) in [6.45, 7) is 5.31. The first-order valence-electron chi connectivity index (χ1n) is 4.57. The van der Waals surface area contributed by atoms with Crippen LogP contribution in [0.2, 0.25) is 0 Å². The maximum Gasteiger partial charge on any atom is 0.243 e. The number of para-hydroxylation sites is 1. The summed E-state index contributed by atoms with van der Waals surface area (Å²) in [5.41, 5.74) is 6.67. The largest absolute Gasteiger partial charge is 0.324 e. The molecule has 84 valence electrons. The van der Waals surface area contributed by atoms with E-state index in [1.54, 1.807) is 13.8 Å². The van der Waals surface area contributed by atoms with E-state index in [1.165, 1.54) is 0 Å². The Hall–Kier alpha value is -1.06. The summed E-state index contributed by atoms with van der Waals surface area (Å²) in [7, 11) is 0. The van der Waals surface area contributed by atoms with Crippen molar-refractivity contribution >= 4 is 24.0 Å². The van der Waals surface area contributed by atoms with Crippen molar-refractivity contribution in [3.8, 4) is 0 Å². The number of anilines is 1. The predicted octanol–water partition coefficient (Wildman–Crippen LogP) is 2.09. The van der Waals surface area contributed by atoms with Crippen molar-refractivity contribution in [1.29, 1.82) is 0 Å². The molecule has 0 saturated carbocycles. The van der Waals surface area contributed by atoms with E-state index in [4.69, 9.17) is 5.73 Å². The minimum atomic E-state index is -0.845. The number of hydrogen-bond donors (Lipinski definition) is 2. The third-order valence-corrected chi connectivity index (χ3v) is 1.98. The van der Waals surface area contributed by atoms with Crippen LogP contribution in [0.1, 0.15) is 19.4 Å². The number of carbonyl (C=O) groups excluding carboxylic acids is 1. The Kier molecular flexibility index (Phi) is 4.78. The molecule has 0 aliphatic heterocycles. The van der Waals surface area contributed by atoms with E-state index in [0.29, 0.717) is 0 Å². The smallest absolute Gasteiger partial charge is 0.243 e. The van der Waals surface area contributed by atoms with Crippen LogP contribution in [0.15, 0.2) is 24.3 Å². The predicted molar refractivity (Wildman–Crippen MR) is 65.3 cm³/mol. The molecule has 3 nitrogen and oxygen atoms in total. The maximum atomic E-state index is 11.6. The molecule has 1 aromatic rings. The number of nitrogens with one attached hydrogen (secondary N) is 1. The summed E-state index contributed by atoms with van der Waals surface area (Å²) in [5.74, 6) is -0.174. The monoisotopic (exact) mass is 228 g/mol. The lowest BCUT2D eigenvalue weighted by atomic mass is 10.1. The summed E-state index contributed by atoms with van der Waals surface area (Å²) < 4.78 is 0. The summed E-state index contributed by atoms with van der Waals surface area (Å²) >= 11 is 0. The third-order valence-electron chi connectivity index (χ3n) is 1.98. The van der Waals surface area contributed by atoms with E-state index in [1.807, 2.05) is 31.2 Å². The molecule has 1 rings (SSSR count). The fraction of sp³-hybridized carbons (Fsp3) is 0.364. The van der Waals surface area contributed by atoms with Crippen LogP contribution in [0, 0.1) is 6.92 Å². The average Bonchev–Trinajstić information content (AvgIpc) is 2.07. The molecule has 0 aliphatic carbocycles. The highest BCUT2D eigenvalue weighted by Gasteiger charge is 2.21. The van der Waals surface area contributed by atoms with E-state index in [-0.39, 0.29) is 18.3 Å². The van der Waals surface area contributed by atoms with Gasteiger partial charge >= 0.3 is 0 Å². The maximum absolute atomic E-state index is 11.6. The van der Waals surface area contributed by atoms with Gasteiger partial charge in [-0.3, -0.25) is 4.79 Å². The van der Waals surface area contributed by atoms with E-state index in [0.717, 1.165) is 11.3 Å². The molecule has 0 atom stereocenters. The highest BCUT2D eigenvalue weighted by Crippen LogP contribution is 2.14. The highest BCUT2D eigenvalue weighted by atomic mass is 35.5. The molecule has 0 spiro atoms. The number of carbonyl (C=O) groups is 1. The van der Waals surface area contributed by atoms with E-state index >= 15 is 0 Å². The van der Waals surface area contributed by atoms with Crippen molar-refractivity contribution in [2.45, 2.75) is 26.3 Å². The molecular formula is C11H17ClN2O. The molecule has 0 fully saturated rings. The Labute approximate surface area is 96.5 Å². The molecule has 0 saturated heterocycles. The van der Waals surface area contributed by atoms with Crippen molar-refractivity contribution in [3.05, 3.63) is 29.8 Å². The Balaban J connectivity index is 0.00000196. The molecule has 1 aromatic carbocycles. The molecule has 0 bridgehead atoms. The van der Waals surface area contributed by atoms with E-state index in [9.17, 15) is 4.79 Å². The minimum absolute atomic E-state index is 0. The molecule has 0 unspecified atom stereocenters. The molecular weight excluding hydrogens is 212 g/mol. The summed E-state index contributed by atoms with van der Waals surface area (Å²) in [4.78, 5) is 11.6. The van der Waals surface area contributed by atoms with Crippen molar-refractivity contribution in [3.63, 3.8) is 0 Å². The highest BCUT2D eigenvalue weighted by molar-refractivity contribution is 5.97. The van der Waals surface area contributed by atoms with Gasteiger partial charge in [-0.1, -0.05) is 18.2 Å². The van der Waals surface area contributed by atoms with Gasteiger partial charge in [-0.25, -0.2) is 0 Å². The number of rotatable bonds is 2. The fourth-order valence-electron chi connectivity index (χ4n) is 0.997. The zero-order chi connectivity index (χ0) is 10.8. The van der Waals surface area contributed by atoms with Gasteiger partial charge in [0.25, 0.3) is 0 Å². The number of benzene rings is 1. The van der Waals surface area contributed by atoms with Crippen molar-refractivity contribution in [2.24, 2.45) is 5.73 Å². The van der Waals surface area contributed by atoms with Gasteiger partial charge in [-0.15, -0.1) is 12.4 Å². The van der Waals surface area contributed by atoms with Crippen LogP contribution in [0.5, 0.6) is 0 Å². The SMILES string of the molecule is Cc1ccccc1NC(=O)C(C)(C)N.Cl. The molecule has 0 radical (unpaired) electrons. The van der Waals surface area contributed by atoms with Crippen LogP contribution < -0.4 is 11.1 Å². The third kappa shape index (κ3) is 3.90. The number of aryl methyl sites for hydroxylation is 1. The zero-order valence-electron chi connectivity index (χ0n) is 9.20. The lowest BCUT2D eigenvalue weighted by molar-refractivity contribution is -0.120. The van der Waals surface area contributed by atoms with Gasteiger partial charge in [0.2, 0.25) is 5.91 Å². The van der Waals surface area contributed by atoms with Gasteiger partial charge in [0.05, 0.1) is 5.54 Å². The molecule has 15 heavy (non-hydrogen) atoms. The average molecular weight is 229 g/mol. The van der Waals surface area contributed by atoms with Crippen LogP contribution in [0.3, 0.4) is 0 Å². The Morgan fingerprint density at radius 2 is 1.87 bits per heavy atom. The molecule has 0 heterocycles. The van der Waals surface area contributed by atoms with Gasteiger partial charge in [0, 0.05) is 5.69 Å². The van der Waals surface area contributed by atoms with Crippen LogP contribution in [-0.2, 0) is 4.79 Å². The van der Waals surface area contributed by atoms with E-state index < -0.39 is 5.54 Å². The topological polar surface area (TPSA) is 55.1 Å². The molecule has 4 heteroatoms. The van der Waals surface area contributed by atoms with E-state index in [2.05, 4.69) is 5.32 Å². The van der Waals surface area contributed by atoms with Crippen LogP contribution in [0.4, 0.5) is 5.69 Å². The summed E-state index contributed by atoms with van der Waals surface area (Å²) in [6.07, 6.45) is 0. The van der Waals surface area contributed by atoms with Crippen LogP contribution in [0.25, 0.3) is 0 Å². The molecule has 1 amide bonds. The Bertz CT molecular complexity index is 345. The number of amides is 1. The Morgan fingerprint density at radius 3 is 2.33 bits per heavy atom. The second-order valence-corrected chi connectivity index (χ2v) is 3.99. The first-order chi connectivity index (χ1) is 6.41. The number of hydrogen-bond acceptors (Lipinski definition) is 2. The second kappa shape index (κ2) is 5.14. The number of halogens is 1. The molecule has 3 N–H and O–H groups in total. The normalized spacial score (nSPS) is 10.4. The first kappa shape index (κ1) is 13.9. The second-order valence-electron chi connectivity index (χ2n) is 3.99. The van der Waals surface area contributed by atoms with Crippen molar-refractivity contribution in [2.75, 3.05) is 5.32 Å². The molecule has 0 aromatic heterocycles. The summed E-state index contributed by atoms with van der Waals surface area (Å²) in [5, 5.41) is 2.79. The van der Waals surface area contributed by atoms with Crippen molar-refractivity contribution in [1.82, 2.24) is 0 Å². The lowest BCUT2D eigenvalue weighted by Gasteiger charge is -2.18. The number of nitrogens with two attached hydrogens (primary N) is 1. The zero-order valence-corrected chi connectivity index (χ0v) is 10.0. The van der Waals surface area contributed by atoms with Gasteiger partial charge in [-0.2, -0.15) is 0 Å². The summed E-state index contributed by atoms with van der Waals surface area (Å²) in [6, 6.07) is 7.61. The quantitative estimate of drug-likeness (QED) is 0.815. The Morgan fingerprint density at radius 1 is 1.33 bits per heavy atom. The van der Waals surface area contributed by atoms with Crippen molar-refractivity contribution < 1.29 is 4.79 Å². The molecule has 0 aliphatic rings. The van der Waals surface area contributed by atoms with Gasteiger partial charge in [0.15, 0.2) is 0 Å². The first-order valence-corrected chi connectivity index (χ1v) is 4.57. The lowest BCUT2D eigenvalue weighted by Crippen LogP contribution is -2.45. The minimum Gasteiger partial charge on any atom is -0.324 e. The standard InChI is InChI=1S/C11H16N2O.ClH/c1-8-6-4-5-7-9(8)13-10(14)11(2,3)12;/h4-7H,12H2,1-3H3,(H,13,14);1H. The van der Waals surface area contributed by atoms with Gasteiger partial charge < -0.3 is 11.1 Å². The van der Waals surface area contributed by atoms with Gasteiger partial charge in [-0.05, 0) is 32.4 Å². The van der Waals surface area contributed by atoms with Crippen LogP contribution in [-0.4, -0.2) is 11.4 Å². The van der Waals surface area contributed by atoms with Gasteiger partial charge in [0.1, 0.15) is 0 Å². The fourth-order valence-corrected chi connectivity index (χ4v) is 0.997.